The van der Waals surface area contributed by atoms with Crippen LogP contribution in [0.4, 0.5) is 18.9 Å². The van der Waals surface area contributed by atoms with Gasteiger partial charge in [0.15, 0.2) is 0 Å². The predicted molar refractivity (Wildman–Crippen MR) is 98.3 cm³/mol. The van der Waals surface area contributed by atoms with Crippen LogP contribution in [-0.2, 0) is 6.18 Å². The zero-order valence-electron chi connectivity index (χ0n) is 14.8. The Morgan fingerprint density at radius 1 is 1.04 bits per heavy atom. The molecule has 0 radical (unpaired) electrons. The Labute approximate surface area is 151 Å². The monoisotopic (exact) mass is 357 g/mol. The van der Waals surface area contributed by atoms with Crippen LogP contribution in [0.3, 0.4) is 0 Å². The van der Waals surface area contributed by atoms with Gasteiger partial charge in [-0.25, -0.2) is 0 Å². The minimum atomic E-state index is -4.31. The molecular formula is C22H22F3N. The van der Waals surface area contributed by atoms with Crippen LogP contribution in [0.1, 0.15) is 60.4 Å². The van der Waals surface area contributed by atoms with E-state index in [2.05, 4.69) is 55.6 Å². The molecule has 0 unspecified atom stereocenters. The fourth-order valence-electron chi connectivity index (χ4n) is 4.19. The molecule has 4 rings (SSSR count). The Kier molecular flexibility index (Phi) is 4.09. The summed E-state index contributed by atoms with van der Waals surface area (Å²) in [5.41, 5.74) is 3.48. The van der Waals surface area contributed by atoms with Crippen molar-refractivity contribution in [3.63, 3.8) is 0 Å². The van der Waals surface area contributed by atoms with Crippen molar-refractivity contribution in [2.75, 3.05) is 5.32 Å². The number of anilines is 1. The van der Waals surface area contributed by atoms with E-state index in [1.165, 1.54) is 23.3 Å². The van der Waals surface area contributed by atoms with E-state index in [0.29, 0.717) is 5.92 Å². The van der Waals surface area contributed by atoms with Gasteiger partial charge >= 0.3 is 6.18 Å². The van der Waals surface area contributed by atoms with Gasteiger partial charge in [0.25, 0.3) is 0 Å². The summed E-state index contributed by atoms with van der Waals surface area (Å²) in [5.74, 6) is 0.755. The Hall–Kier alpha value is -2.23. The molecule has 26 heavy (non-hydrogen) atoms. The first-order valence-corrected chi connectivity index (χ1v) is 9.09. The molecule has 1 heterocycles. The lowest BCUT2D eigenvalue weighted by molar-refractivity contribution is -0.137. The maximum absolute atomic E-state index is 13.1. The zero-order chi connectivity index (χ0) is 18.5. The molecule has 1 aliphatic carbocycles. The van der Waals surface area contributed by atoms with Gasteiger partial charge in [0, 0.05) is 11.6 Å². The first-order valence-electron chi connectivity index (χ1n) is 9.09. The minimum absolute atomic E-state index is 0.0309. The number of hydrogen-bond acceptors (Lipinski definition) is 1. The van der Waals surface area contributed by atoms with Gasteiger partial charge in [-0.15, -0.1) is 0 Å². The summed E-state index contributed by atoms with van der Waals surface area (Å²) in [5, 5.41) is 3.50. The molecular weight excluding hydrogens is 335 g/mol. The Morgan fingerprint density at radius 3 is 2.42 bits per heavy atom. The van der Waals surface area contributed by atoms with Crippen LogP contribution in [-0.4, -0.2) is 0 Å². The fourth-order valence-corrected chi connectivity index (χ4v) is 4.19. The molecule has 0 fully saturated rings. The third-order valence-electron chi connectivity index (χ3n) is 5.65. The zero-order valence-corrected chi connectivity index (χ0v) is 14.8. The highest BCUT2D eigenvalue weighted by Gasteiger charge is 2.39. The molecule has 2 aromatic carbocycles. The quantitative estimate of drug-likeness (QED) is 0.593. The van der Waals surface area contributed by atoms with Crippen molar-refractivity contribution in [1.29, 1.82) is 0 Å². The van der Waals surface area contributed by atoms with Gasteiger partial charge in [-0.2, -0.15) is 13.2 Å². The summed E-state index contributed by atoms with van der Waals surface area (Å²) in [7, 11) is 0. The van der Waals surface area contributed by atoms with Crippen LogP contribution >= 0.6 is 0 Å². The summed E-state index contributed by atoms with van der Waals surface area (Å²) in [4.78, 5) is 0. The molecule has 1 N–H and O–H groups in total. The van der Waals surface area contributed by atoms with E-state index in [-0.39, 0.29) is 17.9 Å². The lowest BCUT2D eigenvalue weighted by atomic mass is 9.76. The molecule has 0 saturated carbocycles. The normalized spacial score (nSPS) is 24.3. The van der Waals surface area contributed by atoms with Crippen molar-refractivity contribution in [2.24, 2.45) is 5.92 Å². The van der Waals surface area contributed by atoms with Gasteiger partial charge in [-0.3, -0.25) is 0 Å². The molecule has 1 aliphatic heterocycles. The first kappa shape index (κ1) is 17.2. The number of halogens is 3. The highest BCUT2D eigenvalue weighted by molar-refractivity contribution is 5.61. The Balaban J connectivity index is 1.71. The van der Waals surface area contributed by atoms with Crippen molar-refractivity contribution in [1.82, 2.24) is 0 Å². The molecule has 136 valence electrons. The largest absolute Gasteiger partial charge is 0.416 e. The second-order valence-corrected chi connectivity index (χ2v) is 7.60. The second kappa shape index (κ2) is 6.19. The number of benzene rings is 2. The molecule has 0 saturated heterocycles. The van der Waals surface area contributed by atoms with Crippen molar-refractivity contribution >= 4 is 5.69 Å². The topological polar surface area (TPSA) is 12.0 Å². The average Bonchev–Trinajstić information content (AvgIpc) is 3.10. The van der Waals surface area contributed by atoms with Crippen LogP contribution in [0, 0.1) is 5.92 Å². The van der Waals surface area contributed by atoms with Gasteiger partial charge in [-0.1, -0.05) is 50.3 Å². The number of hydrogen-bond donors (Lipinski definition) is 1. The standard InChI is InChI=1S/C22H22F3N/c1-13(2)14-6-8-15(9-7-14)21-18-5-3-4-17(18)19-12-16(22(23,24)25)10-11-20(19)26-21/h3-4,6-13,17-18,21,26H,5H2,1-2H3/t17-,18+,21-/m0/s1. The van der Waals surface area contributed by atoms with Gasteiger partial charge in [0.1, 0.15) is 0 Å². The Bertz CT molecular complexity index is 833. The second-order valence-electron chi connectivity index (χ2n) is 7.60. The van der Waals surface area contributed by atoms with Crippen LogP contribution in [0.5, 0.6) is 0 Å². The molecule has 3 atom stereocenters. The molecule has 2 aromatic rings. The van der Waals surface area contributed by atoms with Crippen LogP contribution in [0.15, 0.2) is 54.6 Å². The smallest absolute Gasteiger partial charge is 0.378 e. The SMILES string of the molecule is CC(C)c1ccc([C@@H]2Nc3ccc(C(F)(F)F)cc3[C@H]3C=CC[C@H]32)cc1. The van der Waals surface area contributed by atoms with Crippen LogP contribution < -0.4 is 5.32 Å². The van der Waals surface area contributed by atoms with E-state index in [0.717, 1.165) is 17.7 Å². The number of rotatable bonds is 2. The molecule has 0 amide bonds. The third kappa shape index (κ3) is 2.91. The summed E-state index contributed by atoms with van der Waals surface area (Å²) >= 11 is 0. The van der Waals surface area contributed by atoms with Crippen molar-refractivity contribution in [3.05, 3.63) is 76.9 Å². The van der Waals surface area contributed by atoms with E-state index >= 15 is 0 Å². The summed E-state index contributed by atoms with van der Waals surface area (Å²) in [6.45, 7) is 4.33. The van der Waals surface area contributed by atoms with E-state index < -0.39 is 11.7 Å². The van der Waals surface area contributed by atoms with E-state index in [4.69, 9.17) is 0 Å². The molecule has 4 heteroatoms. The Morgan fingerprint density at radius 2 is 1.77 bits per heavy atom. The first-order chi connectivity index (χ1) is 12.3. The van der Waals surface area contributed by atoms with E-state index in [9.17, 15) is 13.2 Å². The lowest BCUT2D eigenvalue weighted by Gasteiger charge is -2.38. The molecule has 0 aromatic heterocycles. The highest BCUT2D eigenvalue weighted by atomic mass is 19.4. The van der Waals surface area contributed by atoms with Crippen molar-refractivity contribution in [2.45, 2.75) is 44.3 Å². The minimum Gasteiger partial charge on any atom is -0.378 e. The number of allylic oxidation sites excluding steroid dienone is 2. The van der Waals surface area contributed by atoms with Gasteiger partial charge in [-0.05, 0) is 53.1 Å². The number of fused-ring (bicyclic) bond motifs is 3. The molecule has 0 spiro atoms. The van der Waals surface area contributed by atoms with Gasteiger partial charge < -0.3 is 5.32 Å². The third-order valence-corrected chi connectivity index (χ3v) is 5.65. The van der Waals surface area contributed by atoms with E-state index in [1.807, 2.05) is 0 Å². The average molecular weight is 357 g/mol. The summed E-state index contributed by atoms with van der Waals surface area (Å²) < 4.78 is 39.3. The number of alkyl halides is 3. The highest BCUT2D eigenvalue weighted by Crippen LogP contribution is 2.50. The van der Waals surface area contributed by atoms with E-state index in [1.54, 1.807) is 6.07 Å². The van der Waals surface area contributed by atoms with Crippen LogP contribution in [0.25, 0.3) is 0 Å². The molecule has 2 aliphatic rings. The molecule has 0 bridgehead atoms. The van der Waals surface area contributed by atoms with Crippen molar-refractivity contribution < 1.29 is 13.2 Å². The predicted octanol–water partition coefficient (Wildman–Crippen LogP) is 6.66. The van der Waals surface area contributed by atoms with Gasteiger partial charge in [0.2, 0.25) is 0 Å². The lowest BCUT2D eigenvalue weighted by Crippen LogP contribution is -2.29. The summed E-state index contributed by atoms with van der Waals surface area (Å²) in [6.07, 6.45) is 0.738. The van der Waals surface area contributed by atoms with Gasteiger partial charge in [0.05, 0.1) is 11.6 Å². The fraction of sp³-hybridized carbons (Fsp3) is 0.364. The maximum Gasteiger partial charge on any atom is 0.416 e. The van der Waals surface area contributed by atoms with Crippen LogP contribution in [0.2, 0.25) is 0 Å². The maximum atomic E-state index is 13.1. The molecule has 1 nitrogen and oxygen atoms in total. The number of nitrogens with one attached hydrogen (secondary N) is 1. The van der Waals surface area contributed by atoms with Crippen molar-refractivity contribution in [3.8, 4) is 0 Å². The summed E-state index contributed by atoms with van der Waals surface area (Å²) in [6, 6.07) is 12.8.